The van der Waals surface area contributed by atoms with Crippen molar-refractivity contribution in [3.8, 4) is 34.1 Å². The fourth-order valence-electron chi connectivity index (χ4n) is 2.43. The summed E-state index contributed by atoms with van der Waals surface area (Å²) in [5.74, 6) is 1.31. The fourth-order valence-corrected chi connectivity index (χ4v) is 3.08. The Morgan fingerprint density at radius 3 is 2.37 bits per heavy atom. The summed E-state index contributed by atoms with van der Waals surface area (Å²) in [4.78, 5) is 0. The van der Waals surface area contributed by atoms with Crippen LogP contribution < -0.4 is 14.0 Å². The summed E-state index contributed by atoms with van der Waals surface area (Å²) in [6.45, 7) is 7.23. The van der Waals surface area contributed by atoms with Gasteiger partial charge in [0.2, 0.25) is 0 Å². The van der Waals surface area contributed by atoms with E-state index in [2.05, 4.69) is 0 Å². The topological polar surface area (TPSA) is 74.2 Å². The minimum absolute atomic E-state index is 0.116. The Balaban J connectivity index is 2.35. The summed E-state index contributed by atoms with van der Waals surface area (Å²) in [7, 11) is -2.68. The van der Waals surface area contributed by atoms with Gasteiger partial charge in [-0.2, -0.15) is 0 Å². The second-order valence-corrected chi connectivity index (χ2v) is 6.79. The molecule has 0 bridgehead atoms. The molecule has 0 fully saturated rings. The highest BCUT2D eigenvalue weighted by molar-refractivity contribution is 7.33. The van der Waals surface area contributed by atoms with E-state index in [1.807, 2.05) is 32.0 Å². The molecule has 1 N–H and O–H groups in total. The lowest BCUT2D eigenvalue weighted by Crippen LogP contribution is -2.02. The van der Waals surface area contributed by atoms with Gasteiger partial charge in [0, 0.05) is 5.56 Å². The van der Waals surface area contributed by atoms with Gasteiger partial charge < -0.3 is 23.6 Å². The SMILES string of the molecule is CCCOc1cccc(-c2ccc(O[PH](=O)OCC)c(O)c2)c1OCCC. The monoisotopic (exact) mass is 394 g/mol. The van der Waals surface area contributed by atoms with E-state index in [0.29, 0.717) is 24.7 Å². The number of para-hydroxylation sites is 1. The zero-order chi connectivity index (χ0) is 19.6. The second-order valence-electron chi connectivity index (χ2n) is 5.80. The summed E-state index contributed by atoms with van der Waals surface area (Å²) in [6, 6.07) is 10.5. The Morgan fingerprint density at radius 2 is 1.70 bits per heavy atom. The Hall–Kier alpha value is -2.17. The first-order valence-electron chi connectivity index (χ1n) is 9.17. The predicted molar refractivity (Wildman–Crippen MR) is 106 cm³/mol. The van der Waals surface area contributed by atoms with Crippen molar-refractivity contribution in [2.24, 2.45) is 0 Å². The van der Waals surface area contributed by atoms with Crippen molar-refractivity contribution in [3.05, 3.63) is 36.4 Å². The first kappa shape index (κ1) is 21.1. The van der Waals surface area contributed by atoms with E-state index in [1.54, 1.807) is 25.1 Å². The van der Waals surface area contributed by atoms with E-state index in [-0.39, 0.29) is 18.1 Å². The van der Waals surface area contributed by atoms with Crippen molar-refractivity contribution in [3.63, 3.8) is 0 Å². The molecule has 0 heterocycles. The van der Waals surface area contributed by atoms with Crippen LogP contribution in [0.1, 0.15) is 33.6 Å². The minimum atomic E-state index is -2.68. The number of hydrogen-bond donors (Lipinski definition) is 1. The summed E-state index contributed by atoms with van der Waals surface area (Å²) >= 11 is 0. The first-order valence-corrected chi connectivity index (χ1v) is 10.4. The van der Waals surface area contributed by atoms with Gasteiger partial charge in [-0.15, -0.1) is 0 Å². The van der Waals surface area contributed by atoms with Crippen molar-refractivity contribution in [2.45, 2.75) is 33.6 Å². The molecule has 0 aliphatic heterocycles. The third-order valence-electron chi connectivity index (χ3n) is 3.62. The second kappa shape index (κ2) is 10.9. The number of ether oxygens (including phenoxy) is 2. The molecule has 2 aromatic rings. The van der Waals surface area contributed by atoms with Gasteiger partial charge in [0.25, 0.3) is 0 Å². The molecule has 0 amide bonds. The smallest absolute Gasteiger partial charge is 0.367 e. The number of phenolic OH excluding ortho intramolecular Hbond substituents is 1. The highest BCUT2D eigenvalue weighted by atomic mass is 31.1. The van der Waals surface area contributed by atoms with Gasteiger partial charge in [0.1, 0.15) is 0 Å². The molecule has 2 rings (SSSR count). The molecule has 6 nitrogen and oxygen atoms in total. The summed E-state index contributed by atoms with van der Waals surface area (Å²) in [5.41, 5.74) is 1.54. The summed E-state index contributed by atoms with van der Waals surface area (Å²) in [6.07, 6.45) is 1.76. The molecule has 0 saturated heterocycles. The predicted octanol–water partition coefficient (Wildman–Crippen LogP) is 5.44. The molecule has 2 aromatic carbocycles. The van der Waals surface area contributed by atoms with E-state index in [1.165, 1.54) is 0 Å². The number of aromatic hydroxyl groups is 1. The number of phenols is 1. The Labute approximate surface area is 161 Å². The molecule has 1 atom stereocenters. The van der Waals surface area contributed by atoms with Crippen molar-refractivity contribution >= 4 is 8.25 Å². The van der Waals surface area contributed by atoms with Gasteiger partial charge in [-0.05, 0) is 43.5 Å². The molecule has 0 aromatic heterocycles. The Kier molecular flexibility index (Phi) is 8.49. The van der Waals surface area contributed by atoms with E-state index in [9.17, 15) is 9.67 Å². The maximum Gasteiger partial charge on any atom is 0.367 e. The number of hydrogen-bond acceptors (Lipinski definition) is 6. The highest BCUT2D eigenvalue weighted by Gasteiger charge is 2.15. The maximum absolute atomic E-state index is 11.6. The largest absolute Gasteiger partial charge is 0.504 e. The normalized spacial score (nSPS) is 11.8. The van der Waals surface area contributed by atoms with Gasteiger partial charge in [0.05, 0.1) is 19.8 Å². The third-order valence-corrected chi connectivity index (χ3v) is 4.53. The molecule has 0 aliphatic carbocycles. The summed E-state index contributed by atoms with van der Waals surface area (Å²) < 4.78 is 33.5. The van der Waals surface area contributed by atoms with Crippen LogP contribution in [0.25, 0.3) is 11.1 Å². The van der Waals surface area contributed by atoms with Crippen LogP contribution in [0.3, 0.4) is 0 Å². The van der Waals surface area contributed by atoms with E-state index < -0.39 is 8.25 Å². The molecule has 27 heavy (non-hydrogen) atoms. The average molecular weight is 394 g/mol. The van der Waals surface area contributed by atoms with Crippen LogP contribution in [-0.2, 0) is 9.09 Å². The Bertz CT molecular complexity index is 762. The zero-order valence-electron chi connectivity index (χ0n) is 16.0. The quantitative estimate of drug-likeness (QED) is 0.512. The van der Waals surface area contributed by atoms with E-state index >= 15 is 0 Å². The van der Waals surface area contributed by atoms with Crippen molar-refractivity contribution in [2.75, 3.05) is 19.8 Å². The van der Waals surface area contributed by atoms with Crippen LogP contribution in [0.4, 0.5) is 0 Å². The molecule has 148 valence electrons. The molecular formula is C20H27O6P. The lowest BCUT2D eigenvalue weighted by Gasteiger charge is -2.17. The molecule has 7 heteroatoms. The standard InChI is InChI=1S/C20H27O6P/c1-4-12-23-19-9-7-8-16(20(19)24-13-5-2)15-10-11-18(17(21)14-15)26-27(22)25-6-3/h7-11,14,21,27H,4-6,12-13H2,1-3H3. The van der Waals surface area contributed by atoms with Crippen LogP contribution in [0.2, 0.25) is 0 Å². The molecule has 0 aliphatic rings. The van der Waals surface area contributed by atoms with E-state index in [0.717, 1.165) is 24.0 Å². The molecule has 0 radical (unpaired) electrons. The lowest BCUT2D eigenvalue weighted by molar-refractivity contribution is 0.269. The minimum Gasteiger partial charge on any atom is -0.504 e. The summed E-state index contributed by atoms with van der Waals surface area (Å²) in [5, 5.41) is 10.3. The third kappa shape index (κ3) is 5.91. The van der Waals surface area contributed by atoms with Crippen LogP contribution >= 0.6 is 8.25 Å². The molecular weight excluding hydrogens is 367 g/mol. The van der Waals surface area contributed by atoms with Gasteiger partial charge in [-0.1, -0.05) is 32.0 Å². The lowest BCUT2D eigenvalue weighted by atomic mass is 10.0. The fraction of sp³-hybridized carbons (Fsp3) is 0.400. The van der Waals surface area contributed by atoms with Crippen LogP contribution in [-0.4, -0.2) is 24.9 Å². The van der Waals surface area contributed by atoms with E-state index in [4.69, 9.17) is 18.5 Å². The molecule has 0 spiro atoms. The Morgan fingerprint density at radius 1 is 0.963 bits per heavy atom. The van der Waals surface area contributed by atoms with Crippen molar-refractivity contribution < 1.29 is 28.2 Å². The van der Waals surface area contributed by atoms with Gasteiger partial charge in [-0.3, -0.25) is 0 Å². The average Bonchev–Trinajstić information content (AvgIpc) is 2.66. The molecule has 1 unspecified atom stereocenters. The van der Waals surface area contributed by atoms with Gasteiger partial charge in [-0.25, -0.2) is 4.57 Å². The van der Waals surface area contributed by atoms with Crippen LogP contribution in [0.15, 0.2) is 36.4 Å². The maximum atomic E-state index is 11.6. The van der Waals surface area contributed by atoms with Crippen molar-refractivity contribution in [1.82, 2.24) is 0 Å². The first-order chi connectivity index (χ1) is 13.1. The molecule has 0 saturated carbocycles. The number of benzene rings is 2. The van der Waals surface area contributed by atoms with Crippen molar-refractivity contribution in [1.29, 1.82) is 0 Å². The van der Waals surface area contributed by atoms with Gasteiger partial charge in [0.15, 0.2) is 23.0 Å². The van der Waals surface area contributed by atoms with Crippen LogP contribution in [0, 0.1) is 0 Å². The van der Waals surface area contributed by atoms with Crippen LogP contribution in [0.5, 0.6) is 23.0 Å². The van der Waals surface area contributed by atoms with Gasteiger partial charge >= 0.3 is 8.25 Å². The highest BCUT2D eigenvalue weighted by Crippen LogP contribution is 2.42. The number of rotatable bonds is 11. The zero-order valence-corrected chi connectivity index (χ0v) is 17.0.